The zero-order chi connectivity index (χ0) is 28.2. The van der Waals surface area contributed by atoms with Crippen LogP contribution in [0.2, 0.25) is 5.28 Å². The highest BCUT2D eigenvalue weighted by molar-refractivity contribution is 6.28. The summed E-state index contributed by atoms with van der Waals surface area (Å²) in [6.07, 6.45) is 2.98. The highest BCUT2D eigenvalue weighted by Gasteiger charge is 2.29. The smallest absolute Gasteiger partial charge is 0.273 e. The van der Waals surface area contributed by atoms with E-state index in [-0.39, 0.29) is 22.7 Å². The molecule has 13 heteroatoms. The number of fused-ring (bicyclic) bond motifs is 1. The molecule has 0 radical (unpaired) electrons. The van der Waals surface area contributed by atoms with Crippen molar-refractivity contribution in [2.75, 3.05) is 32.1 Å². The van der Waals surface area contributed by atoms with Crippen molar-refractivity contribution in [3.8, 4) is 11.4 Å². The van der Waals surface area contributed by atoms with Crippen LogP contribution in [0.25, 0.3) is 5.69 Å². The van der Waals surface area contributed by atoms with Crippen LogP contribution in [-0.2, 0) is 6.54 Å². The summed E-state index contributed by atoms with van der Waals surface area (Å²) in [5.74, 6) is 1.28. The SMILES string of the molecule is Cc1ncn(-c2ccc([N+](=O)[O-])cc2OCCCCNc2nc(Cl)nc3c2CN(C)CC3c2ccc(F)cc2)n1. The molecule has 11 nitrogen and oxygen atoms in total. The van der Waals surface area contributed by atoms with Gasteiger partial charge < -0.3 is 15.0 Å². The molecule has 1 atom stereocenters. The highest BCUT2D eigenvalue weighted by Crippen LogP contribution is 2.35. The van der Waals surface area contributed by atoms with Crippen LogP contribution in [0.4, 0.5) is 15.9 Å². The summed E-state index contributed by atoms with van der Waals surface area (Å²) in [6, 6.07) is 10.9. The van der Waals surface area contributed by atoms with Crippen molar-refractivity contribution < 1.29 is 14.1 Å². The Morgan fingerprint density at radius 1 is 1.20 bits per heavy atom. The van der Waals surface area contributed by atoms with Crippen molar-refractivity contribution in [2.24, 2.45) is 0 Å². The Morgan fingerprint density at radius 3 is 2.73 bits per heavy atom. The Labute approximate surface area is 235 Å². The monoisotopic (exact) mass is 566 g/mol. The summed E-state index contributed by atoms with van der Waals surface area (Å²) in [5, 5.41) is 19.1. The minimum Gasteiger partial charge on any atom is -0.491 e. The fourth-order valence-corrected chi connectivity index (χ4v) is 4.93. The number of nitro benzene ring substituents is 1. The first kappa shape index (κ1) is 27.4. The third-order valence-corrected chi connectivity index (χ3v) is 6.83. The minimum absolute atomic E-state index is 0.0540. The van der Waals surface area contributed by atoms with Crippen molar-refractivity contribution >= 4 is 23.1 Å². The van der Waals surface area contributed by atoms with Crippen molar-refractivity contribution in [1.29, 1.82) is 0 Å². The van der Waals surface area contributed by atoms with Crippen molar-refractivity contribution in [2.45, 2.75) is 32.2 Å². The molecule has 0 fully saturated rings. The molecule has 1 N–H and O–H groups in total. The molecule has 2 aromatic heterocycles. The second-order valence-electron chi connectivity index (χ2n) is 9.63. The Bertz CT molecular complexity index is 1510. The van der Waals surface area contributed by atoms with Crippen LogP contribution in [0.3, 0.4) is 0 Å². The maximum Gasteiger partial charge on any atom is 0.273 e. The lowest BCUT2D eigenvalue weighted by molar-refractivity contribution is -0.384. The molecule has 0 amide bonds. The largest absolute Gasteiger partial charge is 0.491 e. The van der Waals surface area contributed by atoms with E-state index in [9.17, 15) is 14.5 Å². The Morgan fingerprint density at radius 2 is 2.00 bits per heavy atom. The molecule has 1 unspecified atom stereocenters. The Balaban J connectivity index is 1.23. The van der Waals surface area contributed by atoms with E-state index in [1.165, 1.54) is 28.9 Å². The van der Waals surface area contributed by atoms with Gasteiger partial charge in [-0.1, -0.05) is 12.1 Å². The molecule has 40 heavy (non-hydrogen) atoms. The number of ether oxygens (including phenoxy) is 1. The van der Waals surface area contributed by atoms with Crippen LogP contribution in [0.1, 0.15) is 41.4 Å². The molecule has 1 aliphatic heterocycles. The number of aryl methyl sites for hydroxylation is 1. The maximum atomic E-state index is 13.5. The average Bonchev–Trinajstić information content (AvgIpc) is 3.36. The van der Waals surface area contributed by atoms with Crippen molar-refractivity contribution in [3.63, 3.8) is 0 Å². The van der Waals surface area contributed by atoms with E-state index in [1.807, 2.05) is 7.05 Å². The minimum atomic E-state index is -0.460. The topological polar surface area (TPSA) is 124 Å². The van der Waals surface area contributed by atoms with Gasteiger partial charge >= 0.3 is 0 Å². The average molecular weight is 567 g/mol. The number of unbranched alkanes of at least 4 members (excludes halogenated alkanes) is 1. The molecule has 0 aliphatic carbocycles. The third-order valence-electron chi connectivity index (χ3n) is 6.67. The fourth-order valence-electron chi connectivity index (χ4n) is 4.75. The lowest BCUT2D eigenvalue weighted by atomic mass is 9.89. The van der Waals surface area contributed by atoms with E-state index in [4.69, 9.17) is 16.3 Å². The first-order chi connectivity index (χ1) is 19.3. The van der Waals surface area contributed by atoms with Gasteiger partial charge in [-0.2, -0.15) is 5.10 Å². The Hall–Kier alpha value is -4.16. The summed E-state index contributed by atoms with van der Waals surface area (Å²) in [6.45, 7) is 4.11. The number of hydrogen-bond donors (Lipinski definition) is 1. The Kier molecular flexibility index (Phi) is 8.17. The number of nitrogens with zero attached hydrogens (tertiary/aromatic N) is 7. The van der Waals surface area contributed by atoms with Crippen LogP contribution in [0.5, 0.6) is 5.75 Å². The molecule has 0 saturated heterocycles. The molecule has 208 valence electrons. The summed E-state index contributed by atoms with van der Waals surface area (Å²) in [4.78, 5) is 26.1. The van der Waals surface area contributed by atoms with E-state index in [0.29, 0.717) is 49.2 Å². The van der Waals surface area contributed by atoms with Gasteiger partial charge in [-0.25, -0.2) is 24.0 Å². The predicted molar refractivity (Wildman–Crippen MR) is 148 cm³/mol. The normalized spacial score (nSPS) is 15.1. The lowest BCUT2D eigenvalue weighted by Gasteiger charge is -2.32. The van der Waals surface area contributed by atoms with Gasteiger partial charge in [-0.15, -0.1) is 0 Å². The summed E-state index contributed by atoms with van der Waals surface area (Å²) in [7, 11) is 2.03. The number of benzene rings is 2. The van der Waals surface area contributed by atoms with Gasteiger partial charge in [0.05, 0.1) is 23.3 Å². The van der Waals surface area contributed by atoms with Gasteiger partial charge in [0, 0.05) is 37.2 Å². The third kappa shape index (κ3) is 6.18. The quantitative estimate of drug-likeness (QED) is 0.123. The molecule has 0 bridgehead atoms. The van der Waals surface area contributed by atoms with E-state index in [1.54, 1.807) is 31.5 Å². The predicted octanol–water partition coefficient (Wildman–Crippen LogP) is 4.91. The fraction of sp³-hybridized carbons (Fsp3) is 0.333. The van der Waals surface area contributed by atoms with Gasteiger partial charge in [0.15, 0.2) is 5.75 Å². The molecule has 0 saturated carbocycles. The zero-order valence-corrected chi connectivity index (χ0v) is 22.8. The number of non-ortho nitro benzene ring substituents is 1. The molecule has 1 aliphatic rings. The van der Waals surface area contributed by atoms with E-state index in [2.05, 4.69) is 30.3 Å². The molecule has 0 spiro atoms. The van der Waals surface area contributed by atoms with E-state index in [0.717, 1.165) is 29.8 Å². The number of halogens is 2. The number of rotatable bonds is 10. The van der Waals surface area contributed by atoms with Gasteiger partial charge in [0.1, 0.15) is 29.5 Å². The molecule has 3 heterocycles. The van der Waals surface area contributed by atoms with E-state index >= 15 is 0 Å². The standard InChI is InChI=1S/C27H28ClFN8O3/c1-17-31-16-36(34-17)23-10-9-20(37(38)39)13-24(23)40-12-4-3-11-30-26-22-15-35(2)14-21(25(22)32-27(28)33-26)18-5-7-19(29)8-6-18/h5-10,13,16,21H,3-4,11-12,14-15H2,1-2H3,(H,30,32,33). The van der Waals surface area contributed by atoms with Crippen LogP contribution in [0, 0.1) is 22.9 Å². The molecular formula is C27H28ClFN8O3. The van der Waals surface area contributed by atoms with Crippen LogP contribution in [-0.4, -0.2) is 61.3 Å². The first-order valence-corrected chi connectivity index (χ1v) is 13.2. The molecular weight excluding hydrogens is 539 g/mol. The molecule has 4 aromatic rings. The lowest BCUT2D eigenvalue weighted by Crippen LogP contribution is -2.33. The number of aromatic nitrogens is 5. The van der Waals surface area contributed by atoms with Crippen LogP contribution < -0.4 is 10.1 Å². The number of nitro groups is 1. The summed E-state index contributed by atoms with van der Waals surface area (Å²) >= 11 is 6.31. The maximum absolute atomic E-state index is 13.5. The molecule has 2 aromatic carbocycles. The van der Waals surface area contributed by atoms with Gasteiger partial charge in [-0.05, 0) is 62.2 Å². The highest BCUT2D eigenvalue weighted by atomic mass is 35.5. The zero-order valence-electron chi connectivity index (χ0n) is 22.0. The van der Waals surface area contributed by atoms with Crippen molar-refractivity contribution in [1.82, 2.24) is 29.6 Å². The second kappa shape index (κ2) is 11.9. The van der Waals surface area contributed by atoms with E-state index < -0.39 is 4.92 Å². The number of hydrogen-bond acceptors (Lipinski definition) is 9. The first-order valence-electron chi connectivity index (χ1n) is 12.8. The van der Waals surface area contributed by atoms with Crippen LogP contribution >= 0.6 is 11.6 Å². The molecule has 5 rings (SSSR count). The summed E-state index contributed by atoms with van der Waals surface area (Å²) < 4.78 is 21.0. The summed E-state index contributed by atoms with van der Waals surface area (Å²) in [5.41, 5.74) is 3.29. The van der Waals surface area contributed by atoms with Gasteiger partial charge in [-0.3, -0.25) is 10.1 Å². The number of anilines is 1. The van der Waals surface area contributed by atoms with Crippen molar-refractivity contribution in [3.05, 3.63) is 92.7 Å². The number of likely N-dealkylation sites (N-methyl/N-ethyl adjacent to an activating group) is 1. The van der Waals surface area contributed by atoms with Gasteiger partial charge in [0.2, 0.25) is 5.28 Å². The second-order valence-corrected chi connectivity index (χ2v) is 9.97. The van der Waals surface area contributed by atoms with Crippen LogP contribution in [0.15, 0.2) is 48.8 Å². The van der Waals surface area contributed by atoms with Gasteiger partial charge in [0.25, 0.3) is 5.69 Å². The number of nitrogens with one attached hydrogen (secondary N) is 1.